The minimum absolute atomic E-state index is 0.0424. The number of aromatic nitrogens is 1. The molecule has 0 spiro atoms. The zero-order valence-electron chi connectivity index (χ0n) is 17.9. The molecule has 1 heterocycles. The van der Waals surface area contributed by atoms with Crippen molar-refractivity contribution in [3.05, 3.63) is 53.2 Å². The van der Waals surface area contributed by atoms with Crippen LogP contribution >= 0.6 is 0 Å². The van der Waals surface area contributed by atoms with E-state index in [1.165, 1.54) is 30.4 Å². The van der Waals surface area contributed by atoms with Crippen molar-refractivity contribution < 1.29 is 36.7 Å². The van der Waals surface area contributed by atoms with E-state index in [0.29, 0.717) is 32.6 Å². The van der Waals surface area contributed by atoms with Crippen LogP contribution in [0.25, 0.3) is 0 Å². The standard InChI is InChI=1S/C21H26F3N3O5/c1-30-10-4-8-25-19(28)17-14-32-18(26-17)13-27(9-5-11-31-2)20(29)15-6-3-7-16(12-15)21(22,23)24/h3,6-7,12,14H,4-5,8-11,13H2,1-2H3,(H,25,28). The lowest BCUT2D eigenvalue weighted by molar-refractivity contribution is -0.137. The van der Waals surface area contributed by atoms with E-state index in [2.05, 4.69) is 10.3 Å². The normalized spacial score (nSPS) is 11.4. The van der Waals surface area contributed by atoms with Crippen LogP contribution in [0.3, 0.4) is 0 Å². The molecule has 0 radical (unpaired) electrons. The minimum Gasteiger partial charge on any atom is -0.446 e. The molecule has 0 bridgehead atoms. The lowest BCUT2D eigenvalue weighted by Gasteiger charge is -2.21. The number of oxazole rings is 1. The van der Waals surface area contributed by atoms with E-state index in [1.54, 1.807) is 7.11 Å². The van der Waals surface area contributed by atoms with Gasteiger partial charge in [-0.3, -0.25) is 9.59 Å². The van der Waals surface area contributed by atoms with Gasteiger partial charge in [0.15, 0.2) is 5.69 Å². The maximum Gasteiger partial charge on any atom is 0.416 e. The largest absolute Gasteiger partial charge is 0.446 e. The number of nitrogens with zero attached hydrogens (tertiary/aromatic N) is 2. The van der Waals surface area contributed by atoms with Crippen molar-refractivity contribution in [2.24, 2.45) is 0 Å². The number of methoxy groups -OCH3 is 2. The van der Waals surface area contributed by atoms with Crippen molar-refractivity contribution in [3.8, 4) is 0 Å². The average molecular weight is 457 g/mol. The van der Waals surface area contributed by atoms with Crippen LogP contribution < -0.4 is 5.32 Å². The Morgan fingerprint density at radius 1 is 1.16 bits per heavy atom. The summed E-state index contributed by atoms with van der Waals surface area (Å²) in [4.78, 5) is 30.5. The van der Waals surface area contributed by atoms with Gasteiger partial charge in [-0.15, -0.1) is 0 Å². The summed E-state index contributed by atoms with van der Waals surface area (Å²) in [7, 11) is 3.06. The molecule has 0 saturated heterocycles. The summed E-state index contributed by atoms with van der Waals surface area (Å²) in [6.45, 7) is 1.33. The van der Waals surface area contributed by atoms with Crippen molar-refractivity contribution in [1.82, 2.24) is 15.2 Å². The fraction of sp³-hybridized carbons (Fsp3) is 0.476. The van der Waals surface area contributed by atoms with Crippen LogP contribution in [0.1, 0.15) is 45.1 Å². The van der Waals surface area contributed by atoms with E-state index >= 15 is 0 Å². The SMILES string of the molecule is COCCCNC(=O)c1coc(CN(CCCOC)C(=O)c2cccc(C(F)(F)F)c2)n1. The number of alkyl halides is 3. The summed E-state index contributed by atoms with van der Waals surface area (Å²) in [5.74, 6) is -0.966. The van der Waals surface area contributed by atoms with E-state index in [-0.39, 0.29) is 30.2 Å². The van der Waals surface area contributed by atoms with Gasteiger partial charge in [0.25, 0.3) is 11.8 Å². The molecule has 0 aliphatic carbocycles. The molecule has 2 aromatic rings. The van der Waals surface area contributed by atoms with Crippen LogP contribution in [-0.4, -0.2) is 62.2 Å². The molecule has 0 unspecified atom stereocenters. The minimum atomic E-state index is -4.56. The molecule has 1 N–H and O–H groups in total. The van der Waals surface area contributed by atoms with Gasteiger partial charge >= 0.3 is 6.18 Å². The molecular formula is C21H26F3N3O5. The third kappa shape index (κ3) is 7.65. The molecule has 0 atom stereocenters. The highest BCUT2D eigenvalue weighted by Crippen LogP contribution is 2.29. The highest BCUT2D eigenvalue weighted by atomic mass is 19.4. The summed E-state index contributed by atoms with van der Waals surface area (Å²) in [5, 5.41) is 2.67. The summed E-state index contributed by atoms with van der Waals surface area (Å²) in [6, 6.07) is 4.20. The zero-order valence-corrected chi connectivity index (χ0v) is 17.9. The lowest BCUT2D eigenvalue weighted by Crippen LogP contribution is -2.32. The van der Waals surface area contributed by atoms with Gasteiger partial charge in [-0.25, -0.2) is 4.98 Å². The fourth-order valence-electron chi connectivity index (χ4n) is 2.82. The average Bonchev–Trinajstić information content (AvgIpc) is 3.24. The first-order chi connectivity index (χ1) is 15.3. The number of ether oxygens (including phenoxy) is 2. The number of hydrogen-bond donors (Lipinski definition) is 1. The third-order valence-electron chi connectivity index (χ3n) is 4.42. The Labute approximate surface area is 183 Å². The summed E-state index contributed by atoms with van der Waals surface area (Å²) in [6.07, 6.45) is -2.31. The molecule has 1 aromatic heterocycles. The maximum atomic E-state index is 13.0. The van der Waals surface area contributed by atoms with E-state index in [9.17, 15) is 22.8 Å². The van der Waals surface area contributed by atoms with Crippen molar-refractivity contribution in [3.63, 3.8) is 0 Å². The Morgan fingerprint density at radius 3 is 2.56 bits per heavy atom. The number of carbonyl (C=O) groups excluding carboxylic acids is 2. The molecule has 0 saturated carbocycles. The Balaban J connectivity index is 2.12. The highest BCUT2D eigenvalue weighted by molar-refractivity contribution is 5.94. The topological polar surface area (TPSA) is 93.9 Å². The molecule has 0 aliphatic rings. The molecule has 176 valence electrons. The lowest BCUT2D eigenvalue weighted by atomic mass is 10.1. The van der Waals surface area contributed by atoms with Gasteiger partial charge < -0.3 is 24.1 Å². The van der Waals surface area contributed by atoms with Crippen LogP contribution in [-0.2, 0) is 22.2 Å². The van der Waals surface area contributed by atoms with Gasteiger partial charge in [-0.05, 0) is 31.0 Å². The van der Waals surface area contributed by atoms with Crippen LogP contribution in [0.15, 0.2) is 34.9 Å². The van der Waals surface area contributed by atoms with Gasteiger partial charge in [-0.1, -0.05) is 6.07 Å². The molecule has 0 fully saturated rings. The van der Waals surface area contributed by atoms with E-state index in [1.807, 2.05) is 0 Å². The molecule has 2 amide bonds. The zero-order chi connectivity index (χ0) is 23.6. The summed E-state index contributed by atoms with van der Waals surface area (Å²) >= 11 is 0. The highest BCUT2D eigenvalue weighted by Gasteiger charge is 2.31. The second-order valence-corrected chi connectivity index (χ2v) is 6.88. The first-order valence-electron chi connectivity index (χ1n) is 9.93. The fourth-order valence-corrected chi connectivity index (χ4v) is 2.82. The van der Waals surface area contributed by atoms with Gasteiger partial charge in [0, 0.05) is 46.1 Å². The monoisotopic (exact) mass is 457 g/mol. The van der Waals surface area contributed by atoms with Gasteiger partial charge in [-0.2, -0.15) is 13.2 Å². The number of amides is 2. The molecule has 0 aliphatic heterocycles. The summed E-state index contributed by atoms with van der Waals surface area (Å²) < 4.78 is 54.3. The first-order valence-corrected chi connectivity index (χ1v) is 9.93. The third-order valence-corrected chi connectivity index (χ3v) is 4.42. The number of hydrogen-bond acceptors (Lipinski definition) is 6. The predicted octanol–water partition coefficient (Wildman–Crippen LogP) is 3.14. The summed E-state index contributed by atoms with van der Waals surface area (Å²) in [5.41, 5.74) is -0.982. The molecule has 8 nitrogen and oxygen atoms in total. The molecular weight excluding hydrogens is 431 g/mol. The van der Waals surface area contributed by atoms with Crippen molar-refractivity contribution in [1.29, 1.82) is 0 Å². The van der Waals surface area contributed by atoms with Gasteiger partial charge in [0.05, 0.1) is 12.1 Å². The van der Waals surface area contributed by atoms with Crippen molar-refractivity contribution in [2.75, 3.05) is 40.5 Å². The van der Waals surface area contributed by atoms with Crippen LogP contribution in [0.2, 0.25) is 0 Å². The quantitative estimate of drug-likeness (QED) is 0.492. The predicted molar refractivity (Wildman–Crippen MR) is 108 cm³/mol. The second kappa shape index (κ2) is 12.2. The Hall–Kier alpha value is -2.92. The van der Waals surface area contributed by atoms with Crippen LogP contribution in [0.4, 0.5) is 13.2 Å². The van der Waals surface area contributed by atoms with E-state index < -0.39 is 23.6 Å². The van der Waals surface area contributed by atoms with Crippen LogP contribution in [0.5, 0.6) is 0 Å². The number of benzene rings is 1. The number of rotatable bonds is 12. The number of halogens is 3. The molecule has 11 heteroatoms. The molecule has 1 aromatic carbocycles. The first kappa shape index (κ1) is 25.3. The Kier molecular flexibility index (Phi) is 9.66. The Bertz CT molecular complexity index is 886. The van der Waals surface area contributed by atoms with Gasteiger partial charge in [0.2, 0.25) is 5.89 Å². The van der Waals surface area contributed by atoms with Gasteiger partial charge in [0.1, 0.15) is 6.26 Å². The maximum absolute atomic E-state index is 13.0. The number of carbonyl (C=O) groups is 2. The smallest absolute Gasteiger partial charge is 0.416 e. The van der Waals surface area contributed by atoms with Crippen molar-refractivity contribution >= 4 is 11.8 Å². The number of nitrogens with one attached hydrogen (secondary N) is 1. The second-order valence-electron chi connectivity index (χ2n) is 6.88. The van der Waals surface area contributed by atoms with Crippen LogP contribution in [0, 0.1) is 0 Å². The van der Waals surface area contributed by atoms with E-state index in [4.69, 9.17) is 13.9 Å². The van der Waals surface area contributed by atoms with E-state index in [0.717, 1.165) is 12.1 Å². The molecule has 2 rings (SSSR count). The van der Waals surface area contributed by atoms with Crippen molar-refractivity contribution in [2.45, 2.75) is 25.6 Å². The molecule has 32 heavy (non-hydrogen) atoms. The Morgan fingerprint density at radius 2 is 1.88 bits per heavy atom.